The molecule has 0 saturated heterocycles. The number of aryl methyl sites for hydroxylation is 2. The summed E-state index contributed by atoms with van der Waals surface area (Å²) in [4.78, 5) is 0. The van der Waals surface area contributed by atoms with Crippen molar-refractivity contribution in [3.63, 3.8) is 0 Å². The van der Waals surface area contributed by atoms with E-state index in [4.69, 9.17) is 23.1 Å². The van der Waals surface area contributed by atoms with E-state index >= 15 is 0 Å². The van der Waals surface area contributed by atoms with Gasteiger partial charge in [0.1, 0.15) is 0 Å². The minimum Gasteiger partial charge on any atom is -0.222 e. The Kier molecular flexibility index (Phi) is 7.17. The van der Waals surface area contributed by atoms with Crippen LogP contribution in [0.5, 0.6) is 0 Å². The average Bonchev–Trinajstić information content (AvgIpc) is 2.74. The first-order chi connectivity index (χ1) is 14.7. The Bertz CT molecular complexity index is 1050. The minimum absolute atomic E-state index is 0.877. The second-order valence-corrected chi connectivity index (χ2v) is 7.81. The maximum absolute atomic E-state index is 8.49. The van der Waals surface area contributed by atoms with Gasteiger partial charge in [0.15, 0.2) is 0 Å². The number of rotatable bonds is 3. The lowest BCUT2D eigenvalue weighted by Gasteiger charge is -2.17. The summed E-state index contributed by atoms with van der Waals surface area (Å²) in [6, 6.07) is 31.6. The largest absolute Gasteiger partial charge is 0.361 e. The molecule has 1 aromatic heterocycles. The molecule has 158 valence electrons. The van der Waals surface area contributed by atoms with Crippen molar-refractivity contribution in [3.05, 3.63) is 102 Å². The standard InChI is InChI=1S/C25H21O.ClHO4/c1-18-8-12-21(13-9-18)24-16-23(20-6-4-3-5-7-20)17-25(26-24)22-14-10-19(2)11-15-22;2-1(3,4)5/h3-17H,1-2H3;(H,2,3,4,5)/q+1;/p-1. The van der Waals surface area contributed by atoms with Crippen LogP contribution in [0.2, 0.25) is 0 Å². The van der Waals surface area contributed by atoms with Crippen LogP contribution in [0, 0.1) is 24.1 Å². The van der Waals surface area contributed by atoms with E-state index in [0.717, 1.165) is 28.2 Å². The summed E-state index contributed by atoms with van der Waals surface area (Å²) in [6.07, 6.45) is 0. The van der Waals surface area contributed by atoms with E-state index in [1.807, 2.05) is 6.07 Å². The van der Waals surface area contributed by atoms with Crippen LogP contribution >= 0.6 is 0 Å². The fourth-order valence-corrected chi connectivity index (χ4v) is 3.02. The summed E-state index contributed by atoms with van der Waals surface area (Å²) in [5.74, 6) is 1.75. The summed E-state index contributed by atoms with van der Waals surface area (Å²) in [5.41, 5.74) is 7.00. The third kappa shape index (κ3) is 7.00. The molecule has 0 atom stereocenters. The zero-order valence-corrected chi connectivity index (χ0v) is 17.8. The summed E-state index contributed by atoms with van der Waals surface area (Å²) in [6.45, 7) is 4.19. The molecule has 0 aliphatic heterocycles. The molecular formula is C25H21ClO5. The Balaban J connectivity index is 0.000000491. The lowest BCUT2D eigenvalue weighted by molar-refractivity contribution is -2.00. The van der Waals surface area contributed by atoms with E-state index in [1.165, 1.54) is 16.7 Å². The third-order valence-corrected chi connectivity index (χ3v) is 4.57. The lowest BCUT2D eigenvalue weighted by Crippen LogP contribution is -2.68. The predicted octanol–water partition coefficient (Wildman–Crippen LogP) is 2.42. The molecule has 0 N–H and O–H groups in total. The van der Waals surface area contributed by atoms with Crippen LogP contribution in [-0.4, -0.2) is 0 Å². The summed E-state index contributed by atoms with van der Waals surface area (Å²) >= 11 is 0. The molecule has 0 aliphatic rings. The monoisotopic (exact) mass is 436 g/mol. The van der Waals surface area contributed by atoms with E-state index < -0.39 is 10.2 Å². The smallest absolute Gasteiger partial charge is 0.222 e. The highest BCUT2D eigenvalue weighted by Crippen LogP contribution is 2.33. The average molecular weight is 437 g/mol. The SMILES string of the molecule is Cc1ccc(-c2cc(-c3ccccc3)cc(-c3ccc(C)cc3)[o+]2)cc1.[O-][Cl+3]([O-])([O-])[O-]. The molecule has 0 aliphatic carbocycles. The number of hydrogen-bond acceptors (Lipinski definition) is 4. The van der Waals surface area contributed by atoms with Gasteiger partial charge < -0.3 is 0 Å². The van der Waals surface area contributed by atoms with Gasteiger partial charge in [0, 0.05) is 5.56 Å². The minimum atomic E-state index is -4.94. The zero-order chi connectivity index (χ0) is 22.4. The van der Waals surface area contributed by atoms with E-state index in [1.54, 1.807) is 0 Å². The molecule has 5 nitrogen and oxygen atoms in total. The van der Waals surface area contributed by atoms with Gasteiger partial charge >= 0.3 is 11.5 Å². The fourth-order valence-electron chi connectivity index (χ4n) is 3.02. The normalized spacial score (nSPS) is 10.9. The maximum atomic E-state index is 8.49. The van der Waals surface area contributed by atoms with Crippen molar-refractivity contribution in [2.75, 3.05) is 0 Å². The van der Waals surface area contributed by atoms with Crippen LogP contribution in [0.1, 0.15) is 11.1 Å². The van der Waals surface area contributed by atoms with Crippen molar-refractivity contribution in [1.29, 1.82) is 0 Å². The van der Waals surface area contributed by atoms with Gasteiger partial charge in [-0.05, 0) is 43.7 Å². The molecule has 0 spiro atoms. The molecule has 0 bridgehead atoms. The third-order valence-electron chi connectivity index (χ3n) is 4.57. The van der Waals surface area contributed by atoms with Gasteiger partial charge in [0.25, 0.3) is 0 Å². The van der Waals surface area contributed by atoms with E-state index in [-0.39, 0.29) is 0 Å². The van der Waals surface area contributed by atoms with Gasteiger partial charge in [-0.2, -0.15) is 0 Å². The lowest BCUT2D eigenvalue weighted by atomic mass is 10.0. The summed E-state index contributed by atoms with van der Waals surface area (Å²) in [5, 5.41) is 0. The number of halogens is 1. The molecule has 1 heterocycles. The van der Waals surface area contributed by atoms with Crippen molar-refractivity contribution in [1.82, 2.24) is 0 Å². The van der Waals surface area contributed by atoms with E-state index in [2.05, 4.69) is 98.8 Å². The van der Waals surface area contributed by atoms with Gasteiger partial charge in [0.2, 0.25) is 0 Å². The molecule has 6 heteroatoms. The molecule has 0 amide bonds. The first-order valence-corrected chi connectivity index (χ1v) is 10.7. The highest BCUT2D eigenvalue weighted by molar-refractivity contribution is 5.74. The molecular weight excluding hydrogens is 416 g/mol. The molecule has 0 saturated carbocycles. The molecule has 0 fully saturated rings. The molecule has 0 unspecified atom stereocenters. The number of hydrogen-bond donors (Lipinski definition) is 0. The Morgan fingerprint density at radius 3 is 1.29 bits per heavy atom. The van der Waals surface area contributed by atoms with Gasteiger partial charge in [0.05, 0.1) is 23.3 Å². The van der Waals surface area contributed by atoms with Crippen LogP contribution in [0.4, 0.5) is 0 Å². The first-order valence-electron chi connectivity index (χ1n) is 9.48. The molecule has 0 radical (unpaired) electrons. The highest BCUT2D eigenvalue weighted by atomic mass is 35.7. The first kappa shape index (κ1) is 22.6. The van der Waals surface area contributed by atoms with Gasteiger partial charge in [-0.15, -0.1) is 10.2 Å². The second-order valence-electron chi connectivity index (χ2n) is 7.05. The van der Waals surface area contributed by atoms with Crippen LogP contribution in [-0.2, 0) is 0 Å². The van der Waals surface area contributed by atoms with Gasteiger partial charge in [-0.1, -0.05) is 65.7 Å². The highest BCUT2D eigenvalue weighted by Gasteiger charge is 2.20. The summed E-state index contributed by atoms with van der Waals surface area (Å²) in [7, 11) is -4.94. The van der Waals surface area contributed by atoms with Crippen molar-refractivity contribution in [2.24, 2.45) is 0 Å². The topological polar surface area (TPSA) is 104 Å². The van der Waals surface area contributed by atoms with Crippen LogP contribution in [0.3, 0.4) is 0 Å². The van der Waals surface area contributed by atoms with Gasteiger partial charge in [-0.25, -0.2) is 23.1 Å². The van der Waals surface area contributed by atoms with Crippen LogP contribution in [0.15, 0.2) is 95.4 Å². The predicted molar refractivity (Wildman–Crippen MR) is 109 cm³/mol. The van der Waals surface area contributed by atoms with Crippen molar-refractivity contribution in [2.45, 2.75) is 13.8 Å². The molecule has 3 aromatic carbocycles. The molecule has 31 heavy (non-hydrogen) atoms. The quantitative estimate of drug-likeness (QED) is 0.459. The molecule has 4 rings (SSSR count). The van der Waals surface area contributed by atoms with E-state index in [0.29, 0.717) is 0 Å². The Labute approximate surface area is 183 Å². The Hall–Kier alpha value is -3.06. The second kappa shape index (κ2) is 9.83. The van der Waals surface area contributed by atoms with Crippen molar-refractivity contribution >= 4 is 0 Å². The van der Waals surface area contributed by atoms with Crippen LogP contribution in [0.25, 0.3) is 33.8 Å². The molecule has 4 aromatic rings. The maximum Gasteiger partial charge on any atom is 0.361 e. The Morgan fingerprint density at radius 2 is 0.903 bits per heavy atom. The van der Waals surface area contributed by atoms with Crippen molar-refractivity contribution < 1.29 is 33.3 Å². The number of benzene rings is 3. The fraction of sp³-hybridized carbons (Fsp3) is 0.0800. The Morgan fingerprint density at radius 1 is 0.516 bits per heavy atom. The summed E-state index contributed by atoms with van der Waals surface area (Å²) < 4.78 is 40.3. The van der Waals surface area contributed by atoms with Gasteiger partial charge in [-0.3, -0.25) is 0 Å². The van der Waals surface area contributed by atoms with Crippen molar-refractivity contribution in [3.8, 4) is 33.8 Å². The zero-order valence-electron chi connectivity index (χ0n) is 17.1. The van der Waals surface area contributed by atoms with E-state index in [9.17, 15) is 0 Å². The van der Waals surface area contributed by atoms with Crippen LogP contribution < -0.4 is 18.6 Å².